The van der Waals surface area contributed by atoms with Gasteiger partial charge in [-0.1, -0.05) is 6.07 Å². The summed E-state index contributed by atoms with van der Waals surface area (Å²) < 4.78 is 5.35. The van der Waals surface area contributed by atoms with Crippen LogP contribution in [-0.2, 0) is 4.79 Å². The average molecular weight is 466 g/mol. The molecule has 3 heterocycles. The first-order chi connectivity index (χ1) is 16.3. The summed E-state index contributed by atoms with van der Waals surface area (Å²) in [5.74, 6) is 0.469. The molecule has 0 radical (unpaired) electrons. The van der Waals surface area contributed by atoms with E-state index >= 15 is 0 Å². The van der Waals surface area contributed by atoms with Crippen molar-refractivity contribution in [3.63, 3.8) is 0 Å². The van der Waals surface area contributed by atoms with Crippen LogP contribution < -0.4 is 26.0 Å². The highest BCUT2D eigenvalue weighted by atomic mass is 16.5. The van der Waals surface area contributed by atoms with E-state index in [9.17, 15) is 14.4 Å². The number of hydrogen-bond acceptors (Lipinski definition) is 6. The molecule has 2 aliphatic heterocycles. The van der Waals surface area contributed by atoms with Gasteiger partial charge in [-0.05, 0) is 63.8 Å². The smallest absolute Gasteiger partial charge is 0.253 e. The van der Waals surface area contributed by atoms with Crippen molar-refractivity contribution in [2.45, 2.75) is 63.7 Å². The van der Waals surface area contributed by atoms with Crippen LogP contribution in [0.4, 0.5) is 5.82 Å². The van der Waals surface area contributed by atoms with Gasteiger partial charge in [0.15, 0.2) is 0 Å². The second kappa shape index (κ2) is 9.70. The molecule has 1 aromatic heterocycles. The number of primary amides is 1. The Morgan fingerprint density at radius 1 is 1.12 bits per heavy atom. The second-order valence-electron chi connectivity index (χ2n) is 9.07. The molecule has 2 saturated heterocycles. The molecular weight excluding hydrogens is 434 g/mol. The lowest BCUT2D eigenvalue weighted by Gasteiger charge is -2.40. The Balaban J connectivity index is 1.40. The van der Waals surface area contributed by atoms with Gasteiger partial charge in [0.1, 0.15) is 17.6 Å². The van der Waals surface area contributed by atoms with Gasteiger partial charge >= 0.3 is 0 Å². The van der Waals surface area contributed by atoms with Crippen LogP contribution >= 0.6 is 0 Å². The van der Waals surface area contributed by atoms with E-state index in [-0.39, 0.29) is 29.9 Å². The minimum absolute atomic E-state index is 0.0760. The zero-order valence-corrected chi connectivity index (χ0v) is 19.7. The molecule has 9 nitrogen and oxygen atoms in total. The van der Waals surface area contributed by atoms with Gasteiger partial charge in [-0.15, -0.1) is 0 Å². The lowest BCUT2D eigenvalue weighted by molar-refractivity contribution is -0.119. The number of nitrogens with zero attached hydrogens (tertiary/aromatic N) is 2. The van der Waals surface area contributed by atoms with Crippen molar-refractivity contribution in [3.8, 4) is 5.75 Å². The monoisotopic (exact) mass is 465 g/mol. The Morgan fingerprint density at radius 3 is 2.41 bits per heavy atom. The average Bonchev–Trinajstić information content (AvgIpc) is 3.09. The van der Waals surface area contributed by atoms with Crippen molar-refractivity contribution in [1.29, 1.82) is 0 Å². The van der Waals surface area contributed by atoms with E-state index in [1.165, 1.54) is 13.1 Å². The van der Waals surface area contributed by atoms with Gasteiger partial charge in [-0.2, -0.15) is 0 Å². The van der Waals surface area contributed by atoms with Gasteiger partial charge in [0, 0.05) is 35.4 Å². The molecule has 3 unspecified atom stereocenters. The van der Waals surface area contributed by atoms with E-state index in [1.807, 2.05) is 31.2 Å². The number of nitrogens with one attached hydrogen (secondary N) is 2. The first-order valence-electron chi connectivity index (χ1n) is 11.6. The molecule has 2 aliphatic rings. The highest BCUT2D eigenvalue weighted by Crippen LogP contribution is 2.38. The maximum absolute atomic E-state index is 12.9. The second-order valence-corrected chi connectivity index (χ2v) is 9.07. The lowest BCUT2D eigenvalue weighted by Crippen LogP contribution is -2.50. The Kier molecular flexibility index (Phi) is 6.72. The molecule has 180 valence electrons. The van der Waals surface area contributed by atoms with E-state index in [0.717, 1.165) is 37.1 Å². The predicted octanol–water partition coefficient (Wildman–Crippen LogP) is 1.93. The molecule has 2 bridgehead atoms. The molecule has 0 aliphatic carbocycles. The number of carbonyl (C=O) groups excluding carboxylic acids is 3. The van der Waals surface area contributed by atoms with E-state index in [4.69, 9.17) is 10.5 Å². The SMILES string of the molecule is COc1cccc(C(=O)NC2CC3CC[C@@H](C2)N3c2ccc(C(=O)NC(C)C(N)=O)cn2)c1C. The quantitative estimate of drug-likeness (QED) is 0.574. The molecular formula is C25H31N5O4. The van der Waals surface area contributed by atoms with E-state index in [1.54, 1.807) is 13.2 Å². The molecule has 2 aromatic rings. The maximum Gasteiger partial charge on any atom is 0.253 e. The summed E-state index contributed by atoms with van der Waals surface area (Å²) in [5.41, 5.74) is 7.05. The highest BCUT2D eigenvalue weighted by Gasteiger charge is 2.42. The number of amides is 3. The fraction of sp³-hybridized carbons (Fsp3) is 0.440. The standard InChI is InChI=1S/C25H31N5O4/c1-14-20(5-4-6-21(14)34-3)25(33)29-17-11-18-8-9-19(12-17)30(18)22-10-7-16(13-27-22)24(32)28-15(2)23(26)31/h4-7,10,13,15,17-19H,8-9,11-12H2,1-3H3,(H2,26,31)(H,28,32)(H,29,33)/t15?,17?,18-,19?/m0/s1. The van der Waals surface area contributed by atoms with E-state index in [2.05, 4.69) is 20.5 Å². The zero-order chi connectivity index (χ0) is 24.4. The van der Waals surface area contributed by atoms with Gasteiger partial charge in [0.2, 0.25) is 5.91 Å². The van der Waals surface area contributed by atoms with E-state index < -0.39 is 11.9 Å². The van der Waals surface area contributed by atoms with Crippen molar-refractivity contribution >= 4 is 23.5 Å². The van der Waals surface area contributed by atoms with Crippen molar-refractivity contribution < 1.29 is 19.1 Å². The van der Waals surface area contributed by atoms with Crippen LogP contribution in [0.2, 0.25) is 0 Å². The number of aromatic nitrogens is 1. The van der Waals surface area contributed by atoms with Gasteiger partial charge in [0.25, 0.3) is 11.8 Å². The number of fused-ring (bicyclic) bond motifs is 2. The third kappa shape index (κ3) is 4.69. The number of pyridine rings is 1. The number of anilines is 1. The summed E-state index contributed by atoms with van der Waals surface area (Å²) in [6, 6.07) is 8.95. The van der Waals surface area contributed by atoms with Crippen LogP contribution in [0.25, 0.3) is 0 Å². The lowest BCUT2D eigenvalue weighted by atomic mass is 9.96. The van der Waals surface area contributed by atoms with Gasteiger partial charge in [0.05, 0.1) is 12.7 Å². The summed E-state index contributed by atoms with van der Waals surface area (Å²) in [6.07, 6.45) is 5.28. The van der Waals surface area contributed by atoms with Gasteiger partial charge < -0.3 is 26.0 Å². The third-order valence-electron chi connectivity index (χ3n) is 6.87. The number of benzene rings is 1. The molecule has 2 fully saturated rings. The topological polar surface area (TPSA) is 127 Å². The summed E-state index contributed by atoms with van der Waals surface area (Å²) in [6.45, 7) is 3.43. The van der Waals surface area contributed by atoms with Crippen molar-refractivity contribution in [2.75, 3.05) is 12.0 Å². The molecule has 4 atom stereocenters. The molecule has 0 spiro atoms. The molecule has 4 rings (SSSR count). The van der Waals surface area contributed by atoms with Crippen molar-refractivity contribution in [2.24, 2.45) is 5.73 Å². The Labute approximate surface area is 199 Å². The number of piperidine rings is 1. The van der Waals surface area contributed by atoms with Crippen LogP contribution in [0.1, 0.15) is 58.9 Å². The van der Waals surface area contributed by atoms with Gasteiger partial charge in [-0.3, -0.25) is 14.4 Å². The maximum atomic E-state index is 12.9. The van der Waals surface area contributed by atoms with Crippen molar-refractivity contribution in [1.82, 2.24) is 15.6 Å². The van der Waals surface area contributed by atoms with Crippen LogP contribution in [0, 0.1) is 6.92 Å². The number of methoxy groups -OCH3 is 1. The molecule has 9 heteroatoms. The highest BCUT2D eigenvalue weighted by molar-refractivity contribution is 5.97. The van der Waals surface area contributed by atoms with Crippen molar-refractivity contribution in [3.05, 3.63) is 53.2 Å². The normalized spacial score (nSPS) is 22.1. The molecule has 34 heavy (non-hydrogen) atoms. The minimum atomic E-state index is -0.752. The first-order valence-corrected chi connectivity index (χ1v) is 11.6. The van der Waals surface area contributed by atoms with Crippen LogP contribution in [0.3, 0.4) is 0 Å². The Bertz CT molecular complexity index is 1070. The first kappa shape index (κ1) is 23.5. The number of nitrogens with two attached hydrogens (primary N) is 1. The third-order valence-corrected chi connectivity index (χ3v) is 6.87. The molecule has 4 N–H and O–H groups in total. The Hall–Kier alpha value is -3.62. The number of rotatable bonds is 7. The fourth-order valence-electron chi connectivity index (χ4n) is 5.04. The Morgan fingerprint density at radius 2 is 1.82 bits per heavy atom. The molecule has 0 saturated carbocycles. The minimum Gasteiger partial charge on any atom is -0.496 e. The number of carbonyl (C=O) groups is 3. The zero-order valence-electron chi connectivity index (χ0n) is 19.7. The van der Waals surface area contributed by atoms with Crippen LogP contribution in [-0.4, -0.2) is 54.0 Å². The fourth-order valence-corrected chi connectivity index (χ4v) is 5.04. The van der Waals surface area contributed by atoms with E-state index in [0.29, 0.717) is 16.9 Å². The molecule has 3 amide bonds. The summed E-state index contributed by atoms with van der Waals surface area (Å²) in [4.78, 5) is 43.3. The van der Waals surface area contributed by atoms with Gasteiger partial charge in [-0.25, -0.2) is 4.98 Å². The molecule has 1 aromatic carbocycles. The largest absolute Gasteiger partial charge is 0.496 e. The number of ether oxygens (including phenoxy) is 1. The van der Waals surface area contributed by atoms with Crippen LogP contribution in [0.5, 0.6) is 5.75 Å². The number of hydrogen-bond donors (Lipinski definition) is 3. The van der Waals surface area contributed by atoms with Crippen LogP contribution in [0.15, 0.2) is 36.5 Å². The predicted molar refractivity (Wildman–Crippen MR) is 128 cm³/mol. The summed E-state index contributed by atoms with van der Waals surface area (Å²) in [5, 5.41) is 5.78. The summed E-state index contributed by atoms with van der Waals surface area (Å²) >= 11 is 0. The summed E-state index contributed by atoms with van der Waals surface area (Å²) in [7, 11) is 1.60.